The number of benzene rings is 1. The molecule has 0 atom stereocenters. The van der Waals surface area contributed by atoms with Gasteiger partial charge in [-0.25, -0.2) is 9.67 Å². The van der Waals surface area contributed by atoms with Gasteiger partial charge in [-0.2, -0.15) is 5.10 Å². The number of nitrogens with zero attached hydrogens (tertiary/aromatic N) is 3. The monoisotopic (exact) mass is 346 g/mol. The summed E-state index contributed by atoms with van der Waals surface area (Å²) >= 11 is 0. The number of aromatic nitrogens is 3. The van der Waals surface area contributed by atoms with Crippen LogP contribution in [0.25, 0.3) is 5.82 Å². The first-order chi connectivity index (χ1) is 12.7. The van der Waals surface area contributed by atoms with Gasteiger partial charge in [0.1, 0.15) is 0 Å². The van der Waals surface area contributed by atoms with E-state index in [1.54, 1.807) is 23.3 Å². The lowest BCUT2D eigenvalue weighted by atomic mass is 9.76. The summed E-state index contributed by atoms with van der Waals surface area (Å²) < 4.78 is 1.67. The van der Waals surface area contributed by atoms with E-state index in [2.05, 4.69) is 34.5 Å². The second kappa shape index (κ2) is 6.75. The third-order valence-corrected chi connectivity index (χ3v) is 5.28. The third-order valence-electron chi connectivity index (χ3n) is 5.28. The molecule has 1 amide bonds. The number of rotatable bonds is 4. The Labute approximate surface area is 153 Å². The zero-order valence-corrected chi connectivity index (χ0v) is 14.9. The fraction of sp³-hybridized carbons (Fsp3) is 0.286. The maximum absolute atomic E-state index is 13.3. The molecule has 4 rings (SSSR count). The molecule has 3 aromatic rings. The fourth-order valence-corrected chi connectivity index (χ4v) is 3.96. The highest BCUT2D eigenvalue weighted by atomic mass is 16.2. The minimum Gasteiger partial charge on any atom is -0.323 e. The fourth-order valence-electron chi connectivity index (χ4n) is 3.96. The first kappa shape index (κ1) is 16.5. The first-order valence-electron chi connectivity index (χ1n) is 9.03. The quantitative estimate of drug-likeness (QED) is 0.776. The van der Waals surface area contributed by atoms with E-state index in [1.807, 2.05) is 30.3 Å². The summed E-state index contributed by atoms with van der Waals surface area (Å²) in [7, 11) is 0. The molecule has 1 fully saturated rings. The molecule has 1 aliphatic rings. The lowest BCUT2D eigenvalue weighted by Crippen LogP contribution is -2.38. The number of carbonyl (C=O) groups excluding carboxylic acids is 1. The smallest absolute Gasteiger partial charge is 0.235 e. The van der Waals surface area contributed by atoms with Crippen molar-refractivity contribution in [3.8, 4) is 5.82 Å². The van der Waals surface area contributed by atoms with Crippen molar-refractivity contribution in [3.05, 3.63) is 72.2 Å². The molecule has 26 heavy (non-hydrogen) atoms. The maximum Gasteiger partial charge on any atom is 0.235 e. The summed E-state index contributed by atoms with van der Waals surface area (Å²) in [5, 5.41) is 7.41. The molecule has 0 bridgehead atoms. The van der Waals surface area contributed by atoms with Gasteiger partial charge >= 0.3 is 0 Å². The third kappa shape index (κ3) is 2.90. The Bertz CT molecular complexity index is 911. The van der Waals surface area contributed by atoms with Crippen LogP contribution in [0.1, 0.15) is 36.8 Å². The van der Waals surface area contributed by atoms with Gasteiger partial charge in [-0.1, -0.05) is 43.2 Å². The number of hydrogen-bond donors (Lipinski definition) is 1. The van der Waals surface area contributed by atoms with Crippen molar-refractivity contribution in [2.24, 2.45) is 0 Å². The summed E-state index contributed by atoms with van der Waals surface area (Å²) in [5.74, 6) is 0.785. The summed E-state index contributed by atoms with van der Waals surface area (Å²) in [6.07, 6.45) is 9.13. The van der Waals surface area contributed by atoms with Gasteiger partial charge in [-0.15, -0.1) is 0 Å². The molecule has 2 heterocycles. The zero-order valence-electron chi connectivity index (χ0n) is 14.9. The average molecular weight is 346 g/mol. The van der Waals surface area contributed by atoms with Crippen LogP contribution in [0.3, 0.4) is 0 Å². The van der Waals surface area contributed by atoms with E-state index in [0.717, 1.165) is 37.1 Å². The van der Waals surface area contributed by atoms with Crippen LogP contribution in [0, 0.1) is 6.92 Å². The number of carbonyl (C=O) groups is 1. The van der Waals surface area contributed by atoms with Crippen molar-refractivity contribution >= 4 is 11.6 Å². The van der Waals surface area contributed by atoms with Gasteiger partial charge in [0.05, 0.1) is 23.5 Å². The zero-order chi connectivity index (χ0) is 18.0. The van der Waals surface area contributed by atoms with Gasteiger partial charge in [-0.3, -0.25) is 4.79 Å². The Kier molecular flexibility index (Phi) is 4.29. The SMILES string of the molecule is Cc1ccccc1C1(C(=O)Nc2cnn(-c3ccccn3)c2)CCCC1. The van der Waals surface area contributed by atoms with Crippen molar-refractivity contribution in [3.63, 3.8) is 0 Å². The van der Waals surface area contributed by atoms with Gasteiger partial charge in [0, 0.05) is 6.20 Å². The van der Waals surface area contributed by atoms with Crippen molar-refractivity contribution in [1.82, 2.24) is 14.8 Å². The van der Waals surface area contributed by atoms with Gasteiger partial charge in [0.25, 0.3) is 0 Å². The Balaban J connectivity index is 1.61. The van der Waals surface area contributed by atoms with Crippen LogP contribution in [0.5, 0.6) is 0 Å². The normalized spacial score (nSPS) is 15.7. The molecule has 132 valence electrons. The largest absolute Gasteiger partial charge is 0.323 e. The maximum atomic E-state index is 13.3. The van der Waals surface area contributed by atoms with E-state index >= 15 is 0 Å². The molecule has 1 saturated carbocycles. The number of aryl methyl sites for hydroxylation is 1. The van der Waals surface area contributed by atoms with Crippen molar-refractivity contribution < 1.29 is 4.79 Å². The molecule has 1 aliphatic carbocycles. The standard InChI is InChI=1S/C21H22N4O/c1-16-8-2-3-9-18(16)21(11-5-6-12-21)20(26)24-17-14-23-25(15-17)19-10-4-7-13-22-19/h2-4,7-10,13-15H,5-6,11-12H2,1H3,(H,24,26). The Morgan fingerprint density at radius 2 is 1.88 bits per heavy atom. The van der Waals surface area contributed by atoms with Crippen molar-refractivity contribution in [1.29, 1.82) is 0 Å². The van der Waals surface area contributed by atoms with E-state index in [0.29, 0.717) is 5.69 Å². The highest BCUT2D eigenvalue weighted by molar-refractivity contribution is 5.99. The van der Waals surface area contributed by atoms with Crippen LogP contribution in [0.4, 0.5) is 5.69 Å². The summed E-state index contributed by atoms with van der Waals surface area (Å²) in [4.78, 5) is 17.6. The van der Waals surface area contributed by atoms with Crippen molar-refractivity contribution in [2.45, 2.75) is 38.0 Å². The van der Waals surface area contributed by atoms with Crippen molar-refractivity contribution in [2.75, 3.05) is 5.32 Å². The number of nitrogens with one attached hydrogen (secondary N) is 1. The van der Waals surface area contributed by atoms with E-state index < -0.39 is 5.41 Å². The van der Waals surface area contributed by atoms with E-state index in [1.165, 1.54) is 5.56 Å². The second-order valence-corrected chi connectivity index (χ2v) is 6.92. The van der Waals surface area contributed by atoms with Crippen LogP contribution in [-0.2, 0) is 10.2 Å². The number of hydrogen-bond acceptors (Lipinski definition) is 3. The molecule has 2 aromatic heterocycles. The first-order valence-corrected chi connectivity index (χ1v) is 9.03. The molecular formula is C21H22N4O. The number of anilines is 1. The van der Waals surface area contributed by atoms with Crippen LogP contribution in [-0.4, -0.2) is 20.7 Å². The molecule has 1 N–H and O–H groups in total. The van der Waals surface area contributed by atoms with Gasteiger partial charge < -0.3 is 5.32 Å². The number of amides is 1. The summed E-state index contributed by atoms with van der Waals surface area (Å²) in [5.41, 5.74) is 2.57. The van der Waals surface area contributed by atoms with Crippen LogP contribution in [0.2, 0.25) is 0 Å². The number of pyridine rings is 1. The van der Waals surface area contributed by atoms with E-state index in [9.17, 15) is 4.79 Å². The Hall–Kier alpha value is -2.95. The summed E-state index contributed by atoms with van der Waals surface area (Å²) in [6, 6.07) is 13.9. The van der Waals surface area contributed by atoms with Crippen LogP contribution >= 0.6 is 0 Å². The minimum atomic E-state index is -0.446. The topological polar surface area (TPSA) is 59.8 Å². The predicted molar refractivity (Wildman–Crippen MR) is 101 cm³/mol. The average Bonchev–Trinajstić information content (AvgIpc) is 3.33. The molecule has 0 unspecified atom stereocenters. The summed E-state index contributed by atoms with van der Waals surface area (Å²) in [6.45, 7) is 2.09. The highest BCUT2D eigenvalue weighted by Crippen LogP contribution is 2.43. The van der Waals surface area contributed by atoms with Crippen LogP contribution < -0.4 is 5.32 Å². The van der Waals surface area contributed by atoms with Gasteiger partial charge in [-0.05, 0) is 43.0 Å². The highest BCUT2D eigenvalue weighted by Gasteiger charge is 2.43. The lowest BCUT2D eigenvalue weighted by molar-refractivity contribution is -0.121. The second-order valence-electron chi connectivity index (χ2n) is 6.92. The van der Waals surface area contributed by atoms with Gasteiger partial charge in [0.2, 0.25) is 5.91 Å². The van der Waals surface area contributed by atoms with E-state index in [-0.39, 0.29) is 5.91 Å². The molecule has 0 aliphatic heterocycles. The molecule has 5 heteroatoms. The minimum absolute atomic E-state index is 0.0601. The molecule has 0 spiro atoms. The Morgan fingerprint density at radius 3 is 2.62 bits per heavy atom. The molecule has 0 saturated heterocycles. The van der Waals surface area contributed by atoms with Gasteiger partial charge in [0.15, 0.2) is 5.82 Å². The Morgan fingerprint density at radius 1 is 1.12 bits per heavy atom. The molecule has 0 radical (unpaired) electrons. The van der Waals surface area contributed by atoms with Crippen LogP contribution in [0.15, 0.2) is 61.1 Å². The predicted octanol–water partition coefficient (Wildman–Crippen LogP) is 4.03. The molecule has 1 aromatic carbocycles. The molecule has 5 nitrogen and oxygen atoms in total. The molecular weight excluding hydrogens is 324 g/mol. The lowest BCUT2D eigenvalue weighted by Gasteiger charge is -2.29. The van der Waals surface area contributed by atoms with E-state index in [4.69, 9.17) is 0 Å².